The molecule has 0 unspecified atom stereocenters. The second-order valence-electron chi connectivity index (χ2n) is 9.52. The zero-order valence-corrected chi connectivity index (χ0v) is 23.2. The van der Waals surface area contributed by atoms with E-state index in [1.54, 1.807) is 0 Å². The Kier molecular flexibility index (Phi) is 12.4. The fourth-order valence-corrected chi connectivity index (χ4v) is 4.53. The number of likely N-dealkylation sites (tertiary alicyclic amines) is 1. The first-order valence-corrected chi connectivity index (χ1v) is 12.9. The molecule has 2 aromatic carbocycles. The number of phenols is 1. The van der Waals surface area contributed by atoms with Gasteiger partial charge in [0.25, 0.3) is 0 Å². The number of nitrogens with two attached hydrogens (primary N) is 3. The summed E-state index contributed by atoms with van der Waals surface area (Å²) >= 11 is 0. The molecule has 222 valence electrons. The minimum absolute atomic E-state index is 0. The van der Waals surface area contributed by atoms with Gasteiger partial charge in [-0.25, -0.2) is 4.79 Å². The van der Waals surface area contributed by atoms with Crippen LogP contribution in [-0.4, -0.2) is 76.0 Å². The lowest BCUT2D eigenvalue weighted by Gasteiger charge is -2.28. The van der Waals surface area contributed by atoms with Crippen molar-refractivity contribution in [1.29, 1.82) is 0 Å². The van der Waals surface area contributed by atoms with Gasteiger partial charge < -0.3 is 42.9 Å². The van der Waals surface area contributed by atoms with Crippen molar-refractivity contribution in [1.82, 2.24) is 10.2 Å². The molecule has 1 fully saturated rings. The van der Waals surface area contributed by atoms with Gasteiger partial charge >= 0.3 is 5.97 Å². The third-order valence-corrected chi connectivity index (χ3v) is 6.53. The number of aromatic hydroxyl groups is 1. The topological polar surface area (TPSA) is 226 Å². The van der Waals surface area contributed by atoms with E-state index < -0.39 is 47.2 Å². The number of halogens is 1. The number of carbonyl (C=O) groups is 4. The van der Waals surface area contributed by atoms with Crippen LogP contribution in [0.5, 0.6) is 5.75 Å². The lowest BCUT2D eigenvalue weighted by molar-refractivity contribution is -0.140. The molecule has 10 N–H and O–H groups in total. The Morgan fingerprint density at radius 2 is 1.80 bits per heavy atom. The van der Waals surface area contributed by atoms with Crippen LogP contribution in [0.1, 0.15) is 41.6 Å². The smallest absolute Gasteiger partial charge is 0.339 e. The Balaban J connectivity index is 0.00000588. The maximum atomic E-state index is 13.3. The first kappa shape index (κ1) is 32.8. The molecule has 41 heavy (non-hydrogen) atoms. The summed E-state index contributed by atoms with van der Waals surface area (Å²) in [5, 5.41) is 24.3. The van der Waals surface area contributed by atoms with Gasteiger partial charge in [0, 0.05) is 18.8 Å². The van der Waals surface area contributed by atoms with E-state index in [4.69, 9.17) is 17.2 Å². The van der Waals surface area contributed by atoms with Crippen LogP contribution < -0.4 is 27.8 Å². The molecule has 1 aliphatic heterocycles. The van der Waals surface area contributed by atoms with Gasteiger partial charge in [0.2, 0.25) is 17.7 Å². The van der Waals surface area contributed by atoms with E-state index in [1.807, 2.05) is 30.3 Å². The molecule has 0 saturated carbocycles. The maximum absolute atomic E-state index is 13.3. The average molecular weight is 590 g/mol. The number of carbonyl (C=O) groups excluding carboxylic acids is 3. The second-order valence-corrected chi connectivity index (χ2v) is 9.52. The molecule has 0 aliphatic carbocycles. The number of carboxylic acid groups (broad SMARTS) is 1. The molecule has 1 heterocycles. The fraction of sp³-hybridized carbons (Fsp3) is 0.370. The summed E-state index contributed by atoms with van der Waals surface area (Å²) in [7, 11) is 0. The normalized spacial score (nSPS) is 15.6. The van der Waals surface area contributed by atoms with E-state index >= 15 is 0 Å². The van der Waals surface area contributed by atoms with Crippen LogP contribution in [0, 0.1) is 0 Å². The molecule has 0 bridgehead atoms. The number of guanidine groups is 1. The van der Waals surface area contributed by atoms with E-state index in [0.717, 1.165) is 17.7 Å². The quantitative estimate of drug-likeness (QED) is 0.0792. The van der Waals surface area contributed by atoms with Gasteiger partial charge in [0.1, 0.15) is 23.4 Å². The predicted molar refractivity (Wildman–Crippen MR) is 156 cm³/mol. The van der Waals surface area contributed by atoms with Crippen molar-refractivity contribution in [2.75, 3.05) is 18.4 Å². The molecule has 0 radical (unpaired) electrons. The zero-order chi connectivity index (χ0) is 29.2. The number of benzene rings is 2. The molecule has 1 saturated heterocycles. The number of aromatic carboxylic acids is 1. The highest BCUT2D eigenvalue weighted by Crippen LogP contribution is 2.23. The van der Waals surface area contributed by atoms with Crippen molar-refractivity contribution < 1.29 is 29.4 Å². The van der Waals surface area contributed by atoms with Crippen molar-refractivity contribution in [2.24, 2.45) is 22.2 Å². The number of amides is 3. The third kappa shape index (κ3) is 9.36. The molecule has 2 aromatic rings. The molecule has 14 heteroatoms. The van der Waals surface area contributed by atoms with E-state index in [9.17, 15) is 29.4 Å². The Bertz CT molecular complexity index is 1260. The van der Waals surface area contributed by atoms with Crippen molar-refractivity contribution in [3.05, 3.63) is 59.7 Å². The van der Waals surface area contributed by atoms with Crippen LogP contribution in [0.3, 0.4) is 0 Å². The maximum Gasteiger partial charge on any atom is 0.339 e. The summed E-state index contributed by atoms with van der Waals surface area (Å²) in [6.45, 7) is 0.582. The fourth-order valence-electron chi connectivity index (χ4n) is 4.53. The number of nitrogens with zero attached hydrogens (tertiary/aromatic N) is 2. The Morgan fingerprint density at radius 3 is 2.46 bits per heavy atom. The van der Waals surface area contributed by atoms with E-state index in [1.165, 1.54) is 11.0 Å². The first-order valence-electron chi connectivity index (χ1n) is 12.9. The summed E-state index contributed by atoms with van der Waals surface area (Å²) in [4.78, 5) is 56.3. The third-order valence-electron chi connectivity index (χ3n) is 6.53. The molecular formula is C27H36ClN7O6. The molecule has 0 spiro atoms. The van der Waals surface area contributed by atoms with Crippen LogP contribution in [-0.2, 0) is 20.8 Å². The van der Waals surface area contributed by atoms with Gasteiger partial charge in [-0.2, -0.15) is 0 Å². The number of nitrogens with one attached hydrogen (secondary N) is 2. The highest BCUT2D eigenvalue weighted by atomic mass is 35.5. The Labute approximate surface area is 243 Å². The highest BCUT2D eigenvalue weighted by molar-refractivity contribution is 6.00. The lowest BCUT2D eigenvalue weighted by atomic mass is 10.0. The molecule has 3 amide bonds. The van der Waals surface area contributed by atoms with Gasteiger partial charge in [-0.05, 0) is 55.9 Å². The number of anilines is 1. The van der Waals surface area contributed by atoms with Gasteiger partial charge in [-0.1, -0.05) is 30.3 Å². The molecule has 3 atom stereocenters. The first-order chi connectivity index (χ1) is 19.1. The van der Waals surface area contributed by atoms with Gasteiger partial charge in [0.05, 0.1) is 6.04 Å². The van der Waals surface area contributed by atoms with Crippen LogP contribution >= 0.6 is 12.4 Å². The van der Waals surface area contributed by atoms with Crippen molar-refractivity contribution in [3.8, 4) is 5.75 Å². The highest BCUT2D eigenvalue weighted by Gasteiger charge is 2.37. The van der Waals surface area contributed by atoms with Crippen LogP contribution in [0.2, 0.25) is 0 Å². The Hall–Kier alpha value is -4.36. The van der Waals surface area contributed by atoms with Gasteiger partial charge in [-0.15, -0.1) is 12.4 Å². The minimum atomic E-state index is -1.37. The summed E-state index contributed by atoms with van der Waals surface area (Å²) < 4.78 is 0. The standard InChI is InChI=1S/C27H35N7O6.ClH/c28-19(14-16-6-2-1-3-7-16)25(38)34-13-5-9-21(34)24(37)33-20(8-4-12-31-27(29)30)23(36)32-17-10-11-22(35)18(15-17)26(39)40;/h1-3,6-7,10-11,15,19-21,35H,4-5,8-9,12-14,28H2,(H,32,36)(H,33,37)(H,39,40)(H4,29,30,31);1H/t19-,20+,21+;/m1./s1. The van der Waals surface area contributed by atoms with Crippen LogP contribution in [0.25, 0.3) is 0 Å². The number of aliphatic imine (C=N–C) groups is 1. The monoisotopic (exact) mass is 589 g/mol. The molecule has 0 aromatic heterocycles. The SMILES string of the molecule is Cl.NC(N)=NCCC[C@H](NC(=O)[C@@H]1CCCN1C(=O)[C@H](N)Cc1ccccc1)C(=O)Nc1ccc(O)c(C(=O)O)c1. The number of hydrogen-bond donors (Lipinski definition) is 7. The van der Waals surface area contributed by atoms with Crippen LogP contribution in [0.4, 0.5) is 5.69 Å². The summed E-state index contributed by atoms with van der Waals surface area (Å²) in [5.74, 6) is -3.40. The summed E-state index contributed by atoms with van der Waals surface area (Å²) in [5.41, 5.74) is 17.6. The zero-order valence-electron chi connectivity index (χ0n) is 22.4. The number of rotatable bonds is 12. The summed E-state index contributed by atoms with van der Waals surface area (Å²) in [6.07, 6.45) is 1.85. The van der Waals surface area contributed by atoms with Crippen molar-refractivity contribution >= 4 is 47.7 Å². The predicted octanol–water partition coefficient (Wildman–Crippen LogP) is 0.550. The van der Waals surface area contributed by atoms with Crippen molar-refractivity contribution in [2.45, 2.75) is 50.2 Å². The van der Waals surface area contributed by atoms with E-state index in [-0.39, 0.29) is 42.9 Å². The molecule has 13 nitrogen and oxygen atoms in total. The van der Waals surface area contributed by atoms with Crippen LogP contribution in [0.15, 0.2) is 53.5 Å². The minimum Gasteiger partial charge on any atom is -0.507 e. The Morgan fingerprint density at radius 1 is 1.10 bits per heavy atom. The van der Waals surface area contributed by atoms with Gasteiger partial charge in [0.15, 0.2) is 5.96 Å². The van der Waals surface area contributed by atoms with E-state index in [2.05, 4.69) is 15.6 Å². The summed E-state index contributed by atoms with van der Waals surface area (Å²) in [6, 6.07) is 10.3. The molecule has 3 rings (SSSR count). The largest absolute Gasteiger partial charge is 0.507 e. The second kappa shape index (κ2) is 15.4. The van der Waals surface area contributed by atoms with Crippen molar-refractivity contribution in [3.63, 3.8) is 0 Å². The number of carboxylic acids is 1. The van der Waals surface area contributed by atoms with Gasteiger partial charge in [-0.3, -0.25) is 19.4 Å². The lowest BCUT2D eigenvalue weighted by Crippen LogP contribution is -2.54. The van der Waals surface area contributed by atoms with E-state index in [0.29, 0.717) is 32.2 Å². The average Bonchev–Trinajstić information content (AvgIpc) is 3.41. The molecular weight excluding hydrogens is 554 g/mol. The molecule has 1 aliphatic rings. The number of hydrogen-bond acceptors (Lipinski definition) is 7.